The van der Waals surface area contributed by atoms with Gasteiger partial charge in [0.05, 0.1) is 4.91 Å². The predicted octanol–water partition coefficient (Wildman–Crippen LogP) is 4.84. The van der Waals surface area contributed by atoms with Crippen molar-refractivity contribution in [3.63, 3.8) is 0 Å². The molecule has 1 aromatic heterocycles. The molecule has 0 atom stereocenters. The number of rotatable bonds is 4. The average Bonchev–Trinajstić information content (AvgIpc) is 3.05. The number of aromatic nitrogens is 1. The van der Waals surface area contributed by atoms with Crippen LogP contribution >= 0.6 is 11.8 Å². The maximum absolute atomic E-state index is 13.0. The Bertz CT molecular complexity index is 1080. The molecular weight excluding hydrogens is 422 g/mol. The fourth-order valence-electron chi connectivity index (χ4n) is 4.36. The van der Waals surface area contributed by atoms with Gasteiger partial charge in [0.25, 0.3) is 11.1 Å². The molecule has 0 spiro atoms. The van der Waals surface area contributed by atoms with Crippen LogP contribution < -0.4 is 0 Å². The second-order valence-corrected chi connectivity index (χ2v) is 9.55. The minimum Gasteiger partial charge on any atom is -0.341 e. The van der Waals surface area contributed by atoms with Crippen LogP contribution in [0.5, 0.6) is 0 Å². The number of thioether (sulfide) groups is 1. The minimum absolute atomic E-state index is 0.145. The van der Waals surface area contributed by atoms with Gasteiger partial charge in [-0.3, -0.25) is 19.3 Å². The minimum atomic E-state index is -0.386. The Morgan fingerprint density at radius 2 is 1.66 bits per heavy atom. The van der Waals surface area contributed by atoms with E-state index in [0.29, 0.717) is 18.0 Å². The molecule has 168 valence electrons. The first-order chi connectivity index (χ1) is 15.3. The van der Waals surface area contributed by atoms with Gasteiger partial charge in [0.2, 0.25) is 5.91 Å². The summed E-state index contributed by atoms with van der Waals surface area (Å²) in [5, 5.41) is -0.378. The van der Waals surface area contributed by atoms with E-state index in [9.17, 15) is 14.4 Å². The molecule has 0 saturated carbocycles. The van der Waals surface area contributed by atoms with Crippen LogP contribution in [0, 0.1) is 20.8 Å². The van der Waals surface area contributed by atoms with Crippen molar-refractivity contribution in [3.8, 4) is 5.69 Å². The number of nitrogens with zero attached hydrogens (tertiary/aromatic N) is 3. The van der Waals surface area contributed by atoms with Gasteiger partial charge in [-0.15, -0.1) is 0 Å². The Balaban J connectivity index is 1.53. The number of carbonyl (C=O) groups is 3. The lowest BCUT2D eigenvalue weighted by atomic mass is 10.2. The summed E-state index contributed by atoms with van der Waals surface area (Å²) in [7, 11) is 0. The zero-order chi connectivity index (χ0) is 22.8. The van der Waals surface area contributed by atoms with E-state index < -0.39 is 0 Å². The molecule has 2 aliphatic heterocycles. The van der Waals surface area contributed by atoms with Gasteiger partial charge in [0.15, 0.2) is 0 Å². The third kappa shape index (κ3) is 4.53. The van der Waals surface area contributed by atoms with E-state index in [1.165, 1.54) is 5.56 Å². The van der Waals surface area contributed by atoms with E-state index in [1.54, 1.807) is 11.0 Å². The summed E-state index contributed by atoms with van der Waals surface area (Å²) >= 11 is 0.910. The molecule has 2 saturated heterocycles. The first-order valence-corrected chi connectivity index (χ1v) is 12.0. The molecule has 2 aliphatic rings. The van der Waals surface area contributed by atoms with Crippen molar-refractivity contribution >= 4 is 34.9 Å². The van der Waals surface area contributed by atoms with Gasteiger partial charge in [-0.05, 0) is 75.2 Å². The molecule has 0 bridgehead atoms. The number of likely N-dealkylation sites (tertiary alicyclic amines) is 1. The second-order valence-electron chi connectivity index (χ2n) is 8.56. The number of carbonyl (C=O) groups excluding carboxylic acids is 3. The number of imide groups is 1. The molecule has 0 radical (unpaired) electrons. The van der Waals surface area contributed by atoms with Crippen molar-refractivity contribution in [2.75, 3.05) is 19.6 Å². The van der Waals surface area contributed by atoms with Gasteiger partial charge < -0.3 is 9.47 Å². The summed E-state index contributed by atoms with van der Waals surface area (Å²) in [5.74, 6) is -0.531. The Morgan fingerprint density at radius 1 is 1.00 bits per heavy atom. The lowest BCUT2D eigenvalue weighted by Gasteiger charge is -2.22. The molecule has 32 heavy (non-hydrogen) atoms. The normalized spacial score (nSPS) is 18.5. The maximum Gasteiger partial charge on any atom is 0.294 e. The summed E-state index contributed by atoms with van der Waals surface area (Å²) < 4.78 is 2.14. The lowest BCUT2D eigenvalue weighted by molar-refractivity contribution is -0.135. The first-order valence-electron chi connectivity index (χ1n) is 11.1. The van der Waals surface area contributed by atoms with Crippen LogP contribution in [0.25, 0.3) is 11.8 Å². The Kier molecular flexibility index (Phi) is 6.55. The standard InChI is InChI=1S/C25H29N3O3S/c1-17-8-10-21(11-9-17)28-18(2)14-20(19(28)3)15-22-24(30)27(25(31)32-22)16-23(29)26-12-6-4-5-7-13-26/h8-11,14-15H,4-7,12-13,16H2,1-3H3. The molecule has 2 aromatic rings. The summed E-state index contributed by atoms with van der Waals surface area (Å²) in [4.78, 5) is 41.4. The Labute approximate surface area is 193 Å². The molecule has 0 unspecified atom stereocenters. The molecule has 2 fully saturated rings. The fraction of sp³-hybridized carbons (Fsp3) is 0.400. The summed E-state index contributed by atoms with van der Waals surface area (Å²) in [6.07, 6.45) is 5.97. The van der Waals surface area contributed by atoms with Crippen LogP contribution in [0.2, 0.25) is 0 Å². The lowest BCUT2D eigenvalue weighted by Crippen LogP contribution is -2.42. The molecule has 6 nitrogen and oxygen atoms in total. The predicted molar refractivity (Wildman–Crippen MR) is 128 cm³/mol. The van der Waals surface area contributed by atoms with Gasteiger partial charge in [-0.2, -0.15) is 0 Å². The van der Waals surface area contributed by atoms with Crippen LogP contribution in [-0.2, 0) is 9.59 Å². The first kappa shape index (κ1) is 22.4. The molecule has 0 N–H and O–H groups in total. The highest BCUT2D eigenvalue weighted by atomic mass is 32.2. The van der Waals surface area contributed by atoms with Crippen molar-refractivity contribution in [1.82, 2.24) is 14.4 Å². The van der Waals surface area contributed by atoms with E-state index in [0.717, 1.165) is 65.0 Å². The van der Waals surface area contributed by atoms with Crippen molar-refractivity contribution in [2.24, 2.45) is 0 Å². The third-order valence-electron chi connectivity index (χ3n) is 6.17. The van der Waals surface area contributed by atoms with Crippen molar-refractivity contribution < 1.29 is 14.4 Å². The molecule has 7 heteroatoms. The van der Waals surface area contributed by atoms with Gasteiger partial charge in [0, 0.05) is 30.2 Å². The third-order valence-corrected chi connectivity index (χ3v) is 7.08. The maximum atomic E-state index is 13.0. The highest BCUT2D eigenvalue weighted by Crippen LogP contribution is 2.34. The van der Waals surface area contributed by atoms with Gasteiger partial charge in [-0.25, -0.2) is 0 Å². The van der Waals surface area contributed by atoms with Crippen LogP contribution in [-0.4, -0.2) is 51.1 Å². The monoisotopic (exact) mass is 451 g/mol. The SMILES string of the molecule is Cc1ccc(-n2c(C)cc(C=C3SC(=O)N(CC(=O)N4CCCCCC4)C3=O)c2C)cc1. The summed E-state index contributed by atoms with van der Waals surface area (Å²) in [6.45, 7) is 7.32. The number of hydrogen-bond acceptors (Lipinski definition) is 4. The second kappa shape index (κ2) is 9.36. The highest BCUT2D eigenvalue weighted by Gasteiger charge is 2.37. The van der Waals surface area contributed by atoms with Crippen LogP contribution in [0.4, 0.5) is 4.79 Å². The largest absolute Gasteiger partial charge is 0.341 e. The van der Waals surface area contributed by atoms with E-state index in [1.807, 2.05) is 19.9 Å². The van der Waals surface area contributed by atoms with Crippen molar-refractivity contribution in [3.05, 3.63) is 57.8 Å². The summed E-state index contributed by atoms with van der Waals surface area (Å²) in [6, 6.07) is 10.3. The van der Waals surface area contributed by atoms with Crippen LogP contribution in [0.3, 0.4) is 0 Å². The Hall–Kier alpha value is -2.80. The molecule has 0 aliphatic carbocycles. The van der Waals surface area contributed by atoms with E-state index in [-0.39, 0.29) is 23.6 Å². The van der Waals surface area contributed by atoms with Gasteiger partial charge >= 0.3 is 0 Å². The number of amides is 3. The van der Waals surface area contributed by atoms with E-state index in [4.69, 9.17) is 0 Å². The quantitative estimate of drug-likeness (QED) is 0.624. The summed E-state index contributed by atoms with van der Waals surface area (Å²) in [5.41, 5.74) is 5.20. The molecular formula is C25H29N3O3S. The number of aryl methyl sites for hydroxylation is 2. The zero-order valence-corrected chi connectivity index (χ0v) is 19.7. The van der Waals surface area contributed by atoms with Crippen molar-refractivity contribution in [2.45, 2.75) is 46.5 Å². The van der Waals surface area contributed by atoms with Gasteiger partial charge in [-0.1, -0.05) is 30.5 Å². The topological polar surface area (TPSA) is 62.6 Å². The zero-order valence-electron chi connectivity index (χ0n) is 18.9. The van der Waals surface area contributed by atoms with Crippen LogP contribution in [0.15, 0.2) is 35.2 Å². The fourth-order valence-corrected chi connectivity index (χ4v) is 5.19. The van der Waals surface area contributed by atoms with Crippen LogP contribution in [0.1, 0.15) is 48.2 Å². The van der Waals surface area contributed by atoms with Gasteiger partial charge in [0.1, 0.15) is 6.54 Å². The van der Waals surface area contributed by atoms with E-state index in [2.05, 4.69) is 35.8 Å². The molecule has 3 amide bonds. The van der Waals surface area contributed by atoms with Crippen molar-refractivity contribution in [1.29, 1.82) is 0 Å². The number of hydrogen-bond donors (Lipinski definition) is 0. The smallest absolute Gasteiger partial charge is 0.294 e. The average molecular weight is 452 g/mol. The Morgan fingerprint density at radius 3 is 2.31 bits per heavy atom. The molecule has 4 rings (SSSR count). The van der Waals surface area contributed by atoms with E-state index >= 15 is 0 Å². The molecule has 3 heterocycles. The molecule has 1 aromatic carbocycles. The highest BCUT2D eigenvalue weighted by molar-refractivity contribution is 8.18. The number of benzene rings is 1.